The smallest absolute Gasteiger partial charge is 0.270 e. The summed E-state index contributed by atoms with van der Waals surface area (Å²) in [5.74, 6) is 1.13. The molecule has 1 aromatic heterocycles. The summed E-state index contributed by atoms with van der Waals surface area (Å²) in [6.45, 7) is 1.96. The second-order valence-corrected chi connectivity index (χ2v) is 8.43. The highest BCUT2D eigenvalue weighted by atomic mass is 79.9. The first-order valence-corrected chi connectivity index (χ1v) is 11.2. The summed E-state index contributed by atoms with van der Waals surface area (Å²) in [5, 5.41) is 3.06. The molecule has 1 heterocycles. The van der Waals surface area contributed by atoms with Crippen LogP contribution in [0.2, 0.25) is 0 Å². The molecule has 1 amide bonds. The number of aromatic nitrogens is 2. The van der Waals surface area contributed by atoms with Gasteiger partial charge in [0.2, 0.25) is 0 Å². The number of hydrogen-bond donors (Lipinski definition) is 1. The molecule has 4 rings (SSSR count). The number of nitrogens with zero attached hydrogens (tertiary/aromatic N) is 2. The van der Waals surface area contributed by atoms with Crippen molar-refractivity contribution in [2.75, 3.05) is 14.2 Å². The molecule has 3 aromatic carbocycles. The third kappa shape index (κ3) is 4.93. The molecule has 0 saturated heterocycles. The second kappa shape index (κ2) is 9.92. The largest absolute Gasteiger partial charge is 0.493 e. The fourth-order valence-electron chi connectivity index (χ4n) is 3.63. The number of benzene rings is 3. The highest BCUT2D eigenvalue weighted by molar-refractivity contribution is 9.10. The molecule has 1 atom stereocenters. The Hall–Kier alpha value is -3.58. The molecule has 7 heteroatoms. The Morgan fingerprint density at radius 2 is 1.70 bits per heavy atom. The van der Waals surface area contributed by atoms with Crippen LogP contribution in [0.5, 0.6) is 11.5 Å². The first kappa shape index (κ1) is 22.6. The maximum Gasteiger partial charge on any atom is 0.270 e. The first-order valence-electron chi connectivity index (χ1n) is 10.4. The monoisotopic (exact) mass is 505 g/mol. The fourth-order valence-corrected chi connectivity index (χ4v) is 3.89. The van der Waals surface area contributed by atoms with Crippen molar-refractivity contribution in [2.45, 2.75) is 13.0 Å². The number of methoxy groups -OCH3 is 2. The summed E-state index contributed by atoms with van der Waals surface area (Å²) in [5.41, 5.74) is 4.28. The predicted molar refractivity (Wildman–Crippen MR) is 132 cm³/mol. The van der Waals surface area contributed by atoms with Gasteiger partial charge in [0.1, 0.15) is 5.69 Å². The van der Waals surface area contributed by atoms with Crippen molar-refractivity contribution in [1.29, 1.82) is 0 Å². The average molecular weight is 506 g/mol. The lowest BCUT2D eigenvalue weighted by molar-refractivity contribution is 0.0933. The Morgan fingerprint density at radius 3 is 2.42 bits per heavy atom. The molecule has 0 aliphatic rings. The number of halogens is 1. The number of amides is 1. The van der Waals surface area contributed by atoms with Crippen LogP contribution in [0.4, 0.5) is 0 Å². The lowest BCUT2D eigenvalue weighted by Crippen LogP contribution is -2.28. The summed E-state index contributed by atoms with van der Waals surface area (Å²) in [4.78, 5) is 17.3. The Kier molecular flexibility index (Phi) is 6.79. The number of nitrogens with one attached hydrogen (secondary N) is 1. The number of imidazole rings is 1. The van der Waals surface area contributed by atoms with Gasteiger partial charge in [0.05, 0.1) is 32.8 Å². The highest BCUT2D eigenvalue weighted by Gasteiger charge is 2.17. The van der Waals surface area contributed by atoms with Gasteiger partial charge in [-0.25, -0.2) is 4.98 Å². The molecular weight excluding hydrogens is 482 g/mol. The Morgan fingerprint density at radius 1 is 0.970 bits per heavy atom. The van der Waals surface area contributed by atoms with Crippen molar-refractivity contribution in [3.05, 3.63) is 95.0 Å². The Labute approximate surface area is 201 Å². The molecule has 6 nitrogen and oxygen atoms in total. The van der Waals surface area contributed by atoms with E-state index in [1.807, 2.05) is 73.7 Å². The summed E-state index contributed by atoms with van der Waals surface area (Å²) < 4.78 is 13.6. The fraction of sp³-hybridized carbons (Fsp3) is 0.154. The van der Waals surface area contributed by atoms with Crippen molar-refractivity contribution in [2.24, 2.45) is 0 Å². The van der Waals surface area contributed by atoms with E-state index in [0.717, 1.165) is 26.9 Å². The van der Waals surface area contributed by atoms with E-state index in [-0.39, 0.29) is 11.9 Å². The summed E-state index contributed by atoms with van der Waals surface area (Å²) in [7, 11) is 3.23. The second-order valence-electron chi connectivity index (χ2n) is 7.52. The maximum atomic E-state index is 13.0. The zero-order valence-corrected chi connectivity index (χ0v) is 20.2. The lowest BCUT2D eigenvalue weighted by atomic mass is 10.0. The third-order valence-electron chi connectivity index (χ3n) is 5.43. The average Bonchev–Trinajstić information content (AvgIpc) is 3.34. The molecule has 0 radical (unpaired) electrons. The van der Waals surface area contributed by atoms with Crippen LogP contribution in [0, 0.1) is 0 Å². The van der Waals surface area contributed by atoms with Gasteiger partial charge in [-0.05, 0) is 60.0 Å². The molecule has 1 unspecified atom stereocenters. The molecule has 0 fully saturated rings. The van der Waals surface area contributed by atoms with Crippen LogP contribution in [0.3, 0.4) is 0 Å². The van der Waals surface area contributed by atoms with Gasteiger partial charge in [-0.1, -0.05) is 46.3 Å². The van der Waals surface area contributed by atoms with Crippen LogP contribution < -0.4 is 14.8 Å². The SMILES string of the molecule is COc1ccc(-c2cccc(-n3cncc3C(=O)NC(C)c3ccc(Br)cc3)c2)cc1OC. The molecule has 0 aliphatic heterocycles. The number of rotatable bonds is 7. The third-order valence-corrected chi connectivity index (χ3v) is 5.96. The Balaban J connectivity index is 1.60. The van der Waals surface area contributed by atoms with E-state index < -0.39 is 0 Å². The van der Waals surface area contributed by atoms with E-state index in [1.165, 1.54) is 0 Å². The van der Waals surface area contributed by atoms with E-state index in [4.69, 9.17) is 9.47 Å². The van der Waals surface area contributed by atoms with E-state index in [9.17, 15) is 4.79 Å². The quantitative estimate of drug-likeness (QED) is 0.344. The Bertz CT molecular complexity index is 1270. The number of carbonyl (C=O) groups excluding carboxylic acids is 1. The molecule has 0 spiro atoms. The van der Waals surface area contributed by atoms with Gasteiger partial charge in [0.15, 0.2) is 11.5 Å². The van der Waals surface area contributed by atoms with Gasteiger partial charge < -0.3 is 14.8 Å². The minimum absolute atomic E-state index is 0.146. The van der Waals surface area contributed by atoms with E-state index in [2.05, 4.69) is 26.2 Å². The molecule has 168 valence electrons. The van der Waals surface area contributed by atoms with Crippen LogP contribution in [-0.4, -0.2) is 29.7 Å². The number of hydrogen-bond acceptors (Lipinski definition) is 4. The van der Waals surface area contributed by atoms with Crippen molar-refractivity contribution >= 4 is 21.8 Å². The molecule has 1 N–H and O–H groups in total. The van der Waals surface area contributed by atoms with Crippen LogP contribution >= 0.6 is 15.9 Å². The minimum Gasteiger partial charge on any atom is -0.493 e. The summed E-state index contributed by atoms with van der Waals surface area (Å²) in [6.07, 6.45) is 3.22. The zero-order chi connectivity index (χ0) is 23.4. The molecular formula is C26H24BrN3O3. The zero-order valence-electron chi connectivity index (χ0n) is 18.6. The molecule has 4 aromatic rings. The molecule has 0 aliphatic carbocycles. The van der Waals surface area contributed by atoms with Crippen molar-refractivity contribution in [3.63, 3.8) is 0 Å². The summed E-state index contributed by atoms with van der Waals surface area (Å²) in [6, 6.07) is 21.4. The van der Waals surface area contributed by atoms with E-state index in [1.54, 1.807) is 31.3 Å². The van der Waals surface area contributed by atoms with Gasteiger partial charge in [-0.3, -0.25) is 9.36 Å². The molecule has 0 saturated carbocycles. The minimum atomic E-state index is -0.195. The van der Waals surface area contributed by atoms with Crippen LogP contribution in [0.15, 0.2) is 83.7 Å². The highest BCUT2D eigenvalue weighted by Crippen LogP contribution is 2.33. The topological polar surface area (TPSA) is 65.4 Å². The van der Waals surface area contributed by atoms with Gasteiger partial charge in [0.25, 0.3) is 5.91 Å². The van der Waals surface area contributed by atoms with Gasteiger partial charge in [-0.2, -0.15) is 0 Å². The van der Waals surface area contributed by atoms with Crippen LogP contribution in [0.25, 0.3) is 16.8 Å². The van der Waals surface area contributed by atoms with Crippen molar-refractivity contribution in [1.82, 2.24) is 14.9 Å². The lowest BCUT2D eigenvalue weighted by Gasteiger charge is -2.16. The van der Waals surface area contributed by atoms with Crippen molar-refractivity contribution in [3.8, 4) is 28.3 Å². The number of ether oxygens (including phenoxy) is 2. The van der Waals surface area contributed by atoms with Crippen LogP contribution in [0.1, 0.15) is 29.0 Å². The number of carbonyl (C=O) groups is 1. The standard InChI is InChI=1S/C26H24BrN3O3/c1-17(18-7-10-21(27)11-8-18)29-26(31)23-15-28-16-30(23)22-6-4-5-19(13-22)20-9-12-24(32-2)25(14-20)33-3/h4-17H,1-3H3,(H,29,31). The normalized spacial score (nSPS) is 11.6. The van der Waals surface area contributed by atoms with E-state index >= 15 is 0 Å². The maximum absolute atomic E-state index is 13.0. The van der Waals surface area contributed by atoms with Crippen molar-refractivity contribution < 1.29 is 14.3 Å². The summed E-state index contributed by atoms with van der Waals surface area (Å²) >= 11 is 3.44. The van der Waals surface area contributed by atoms with Gasteiger partial charge in [0, 0.05) is 10.2 Å². The van der Waals surface area contributed by atoms with Crippen LogP contribution in [-0.2, 0) is 0 Å². The van der Waals surface area contributed by atoms with Gasteiger partial charge >= 0.3 is 0 Å². The predicted octanol–water partition coefficient (Wildman–Crippen LogP) is 5.81. The molecule has 0 bridgehead atoms. The van der Waals surface area contributed by atoms with Gasteiger partial charge in [-0.15, -0.1) is 0 Å². The first-order chi connectivity index (χ1) is 16.0. The molecule has 33 heavy (non-hydrogen) atoms. The van der Waals surface area contributed by atoms with E-state index in [0.29, 0.717) is 17.2 Å².